The van der Waals surface area contributed by atoms with Gasteiger partial charge in [-0.2, -0.15) is 0 Å². The van der Waals surface area contributed by atoms with Crippen LogP contribution in [-0.4, -0.2) is 169 Å². The van der Waals surface area contributed by atoms with Crippen molar-refractivity contribution in [1.82, 2.24) is 35.6 Å². The van der Waals surface area contributed by atoms with E-state index >= 15 is 0 Å². The van der Waals surface area contributed by atoms with E-state index in [-0.39, 0.29) is 120 Å². The maximum atomic E-state index is 14.3. The van der Waals surface area contributed by atoms with Crippen molar-refractivity contribution in [2.24, 2.45) is 11.7 Å². The van der Waals surface area contributed by atoms with Crippen molar-refractivity contribution in [3.63, 3.8) is 0 Å². The molecule has 3 aliphatic heterocycles. The van der Waals surface area contributed by atoms with E-state index in [2.05, 4.69) is 26.3 Å². The predicted molar refractivity (Wildman–Crippen MR) is 338 cm³/mol. The molecular formula is C67H81N9O12S. The number of aliphatic hydroxyl groups is 1. The second kappa shape index (κ2) is 31.9. The Hall–Kier alpha value is -8.12. The van der Waals surface area contributed by atoms with E-state index in [1.54, 1.807) is 51.7 Å². The molecule has 0 aliphatic carbocycles. The number of fused-ring (bicyclic) bond motifs is 2. The third-order valence-corrected chi connectivity index (χ3v) is 17.3. The lowest BCUT2D eigenvalue weighted by atomic mass is 10.0. The molecule has 21 nitrogen and oxygen atoms in total. The van der Waals surface area contributed by atoms with E-state index in [0.29, 0.717) is 62.1 Å². The summed E-state index contributed by atoms with van der Waals surface area (Å²) in [7, 11) is 0. The summed E-state index contributed by atoms with van der Waals surface area (Å²) in [4.78, 5) is 107. The zero-order valence-electron chi connectivity index (χ0n) is 50.8. The van der Waals surface area contributed by atoms with Crippen LogP contribution in [0.1, 0.15) is 95.5 Å². The number of unbranched alkanes of at least 4 members (excludes halogenated alkanes) is 1. The summed E-state index contributed by atoms with van der Waals surface area (Å²) in [5.41, 5.74) is 12.8. The summed E-state index contributed by atoms with van der Waals surface area (Å²) in [5.74, 6) is -2.22. The number of nitrogens with two attached hydrogens (primary N) is 1. The summed E-state index contributed by atoms with van der Waals surface area (Å²) in [6.45, 7) is 8.81. The fraction of sp³-hybridized carbons (Fsp3) is 0.433. The number of nitrogens with zero attached hydrogens (tertiary/aromatic N) is 4. The number of thiazole rings is 1. The second-order valence-electron chi connectivity index (χ2n) is 22.9. The molecule has 4 heterocycles. The van der Waals surface area contributed by atoms with Gasteiger partial charge in [0.15, 0.2) is 0 Å². The number of carbonyl (C=O) groups is 7. The first-order valence-electron chi connectivity index (χ1n) is 30.7. The Balaban J connectivity index is 0.681. The number of ether oxygens (including phenoxy) is 4. The van der Waals surface area contributed by atoms with Crippen molar-refractivity contribution in [2.75, 3.05) is 77.7 Å². The molecule has 5 atom stereocenters. The molecule has 0 unspecified atom stereocenters. The summed E-state index contributed by atoms with van der Waals surface area (Å²) >= 11 is 1.50. The number of likely N-dealkylation sites (tertiary alicyclic amines) is 2. The summed E-state index contributed by atoms with van der Waals surface area (Å²) < 4.78 is 23.5. The fourth-order valence-corrected chi connectivity index (χ4v) is 12.6. The molecule has 22 heteroatoms. The Kier molecular flexibility index (Phi) is 23.4. The van der Waals surface area contributed by atoms with Crippen LogP contribution in [0.3, 0.4) is 0 Å². The van der Waals surface area contributed by atoms with Crippen LogP contribution in [0, 0.1) is 12.8 Å². The summed E-state index contributed by atoms with van der Waals surface area (Å²) in [5, 5.41) is 24.4. The van der Waals surface area contributed by atoms with E-state index in [1.165, 1.54) is 16.2 Å². The number of benzene rings is 5. The third-order valence-electron chi connectivity index (χ3n) is 16.3. The number of rotatable bonds is 31. The van der Waals surface area contributed by atoms with Crippen LogP contribution in [0.4, 0.5) is 5.69 Å². The molecule has 2 saturated heterocycles. The molecule has 7 amide bonds. The quantitative estimate of drug-likeness (QED) is 0.0266. The number of hydrogen-bond donors (Lipinski definition) is 6. The molecule has 7 N–H and O–H groups in total. The van der Waals surface area contributed by atoms with Crippen LogP contribution < -0.4 is 31.7 Å². The topological polar surface area (TPSA) is 273 Å². The minimum Gasteiger partial charge on any atom is -0.491 e. The number of para-hydroxylation sites is 1. The van der Waals surface area contributed by atoms with Crippen LogP contribution in [0.5, 0.6) is 5.75 Å². The lowest BCUT2D eigenvalue weighted by Gasteiger charge is -2.35. The van der Waals surface area contributed by atoms with Crippen molar-refractivity contribution in [3.8, 4) is 16.2 Å². The van der Waals surface area contributed by atoms with Gasteiger partial charge < -0.3 is 65.8 Å². The standard InChI is InChI=1S/C67H81N9O12S/c1-43(2)60(76-40-49-15-5-7-19-52(49)66(76)83)67(84)75-41-50(77)38-57(75)64(81)70-39-48-25-24-47(61-44(3)71-42-89-61)36-58(48)88-35-34-87-33-32-86-31-30-85-29-27-69-62(79)53-20-8-9-21-54(53)72-63(80)55(22-10-11-26-68)73-65(82)56-23-13-28-74(56)59(78)37-46-17-12-16-45-14-4-6-18-51(45)46/h4-9,12,14-21,24-25,36,42-43,50,55-57,60,77H,10-11,13,22-23,26-35,37-41,68H2,1-3H3,(H,69,79)(H,70,81)(H,72,80)(H,73,82)/t50-,55+,56+,57+,60+/m1/s1. The van der Waals surface area contributed by atoms with E-state index < -0.39 is 53.9 Å². The van der Waals surface area contributed by atoms with Gasteiger partial charge in [0.1, 0.15) is 36.5 Å². The van der Waals surface area contributed by atoms with Crippen molar-refractivity contribution in [2.45, 2.75) is 109 Å². The zero-order chi connectivity index (χ0) is 62.8. The van der Waals surface area contributed by atoms with Crippen LogP contribution in [-0.2, 0) is 57.7 Å². The number of aromatic nitrogens is 1. The zero-order valence-corrected chi connectivity index (χ0v) is 51.6. The molecule has 6 aromatic rings. The van der Waals surface area contributed by atoms with Crippen LogP contribution in [0.2, 0.25) is 0 Å². The first-order chi connectivity index (χ1) is 43.2. The fourth-order valence-electron chi connectivity index (χ4n) is 11.8. The third kappa shape index (κ3) is 16.8. The molecule has 5 aromatic carbocycles. The van der Waals surface area contributed by atoms with E-state index in [4.69, 9.17) is 24.7 Å². The normalized spacial score (nSPS) is 17.0. The van der Waals surface area contributed by atoms with Crippen molar-refractivity contribution < 1.29 is 57.6 Å². The molecule has 2 fully saturated rings. The Morgan fingerprint density at radius 1 is 0.787 bits per heavy atom. The monoisotopic (exact) mass is 1240 g/mol. The smallest absolute Gasteiger partial charge is 0.255 e. The van der Waals surface area contributed by atoms with Gasteiger partial charge in [-0.3, -0.25) is 33.6 Å². The van der Waals surface area contributed by atoms with Gasteiger partial charge in [0.05, 0.1) is 79.5 Å². The Morgan fingerprint density at radius 3 is 2.28 bits per heavy atom. The first kappa shape index (κ1) is 65.3. The second-order valence-corrected chi connectivity index (χ2v) is 23.7. The number of aliphatic hydroxyl groups excluding tert-OH is 1. The highest BCUT2D eigenvalue weighted by atomic mass is 32.1. The van der Waals surface area contributed by atoms with E-state index in [1.807, 2.05) is 93.6 Å². The van der Waals surface area contributed by atoms with Crippen molar-refractivity contribution in [1.29, 1.82) is 0 Å². The number of β-amino-alcohol motifs (C(OH)–C–C–N with tert-alkyl or cyclic N) is 1. The summed E-state index contributed by atoms with van der Waals surface area (Å²) in [6.07, 6.45) is 1.96. The van der Waals surface area contributed by atoms with Gasteiger partial charge in [-0.25, -0.2) is 4.98 Å². The van der Waals surface area contributed by atoms with E-state index in [0.717, 1.165) is 38.0 Å². The van der Waals surface area contributed by atoms with Gasteiger partial charge in [0, 0.05) is 50.3 Å². The minimum absolute atomic E-state index is 0.0255. The maximum absolute atomic E-state index is 14.3. The number of aryl methyl sites for hydroxylation is 1. The van der Waals surface area contributed by atoms with Gasteiger partial charge in [-0.15, -0.1) is 11.3 Å². The highest BCUT2D eigenvalue weighted by Crippen LogP contribution is 2.34. The Morgan fingerprint density at radius 2 is 1.52 bits per heavy atom. The molecule has 3 aliphatic rings. The highest BCUT2D eigenvalue weighted by molar-refractivity contribution is 7.13. The molecule has 0 bridgehead atoms. The number of hydrogen-bond acceptors (Lipinski definition) is 15. The first-order valence-corrected chi connectivity index (χ1v) is 31.6. The number of nitrogens with one attached hydrogen (secondary N) is 4. The predicted octanol–water partition coefficient (Wildman–Crippen LogP) is 6.17. The lowest BCUT2D eigenvalue weighted by molar-refractivity contribution is -0.143. The molecule has 0 spiro atoms. The average molecular weight is 1240 g/mol. The van der Waals surface area contributed by atoms with Crippen LogP contribution in [0.15, 0.2) is 115 Å². The van der Waals surface area contributed by atoms with Crippen molar-refractivity contribution in [3.05, 3.63) is 148 Å². The molecule has 0 radical (unpaired) electrons. The van der Waals surface area contributed by atoms with Gasteiger partial charge in [0.2, 0.25) is 29.5 Å². The van der Waals surface area contributed by atoms with Crippen molar-refractivity contribution >= 4 is 69.1 Å². The number of amides is 7. The lowest BCUT2D eigenvalue weighted by Crippen LogP contribution is -2.55. The van der Waals surface area contributed by atoms with Crippen LogP contribution >= 0.6 is 11.3 Å². The Bertz CT molecular complexity index is 3450. The molecule has 1 aromatic heterocycles. The minimum atomic E-state index is -0.943. The average Bonchev–Trinajstić information content (AvgIpc) is 1.74. The number of anilines is 1. The maximum Gasteiger partial charge on any atom is 0.255 e. The summed E-state index contributed by atoms with van der Waals surface area (Å²) in [6, 6.07) is 30.0. The molecule has 9 rings (SSSR count). The highest BCUT2D eigenvalue weighted by Gasteiger charge is 2.46. The molecule has 472 valence electrons. The largest absolute Gasteiger partial charge is 0.491 e. The SMILES string of the molecule is Cc1ncsc1-c1ccc(CNC(=O)[C@@H]2C[C@@H](O)CN2C(=O)[C@H](C(C)C)N2Cc3ccccc3C2=O)c(OCCOCCOCCOCCNC(=O)c2ccccc2NC(=O)[C@H](CCCCN)NC(=O)[C@@H]2CCCN2C(=O)Cc2cccc3ccccc23)c1. The molecular weight excluding hydrogens is 1150 g/mol. The van der Waals surface area contributed by atoms with Gasteiger partial charge in [0.25, 0.3) is 11.8 Å². The number of carbonyl (C=O) groups excluding carboxylic acids is 7. The van der Waals surface area contributed by atoms with Crippen LogP contribution in [0.25, 0.3) is 21.2 Å². The van der Waals surface area contributed by atoms with Gasteiger partial charge in [-0.1, -0.05) is 98.8 Å². The van der Waals surface area contributed by atoms with Gasteiger partial charge in [-0.05, 0) is 103 Å². The molecule has 89 heavy (non-hydrogen) atoms. The van der Waals surface area contributed by atoms with E-state index in [9.17, 15) is 38.7 Å². The Labute approximate surface area is 523 Å². The molecule has 0 saturated carbocycles. The van der Waals surface area contributed by atoms with Gasteiger partial charge >= 0.3 is 0 Å².